The highest BCUT2D eigenvalue weighted by molar-refractivity contribution is 5.94. The van der Waals surface area contributed by atoms with Crippen LogP contribution in [0.4, 0.5) is 0 Å². The highest BCUT2D eigenvalue weighted by atomic mass is 16.5. The summed E-state index contributed by atoms with van der Waals surface area (Å²) in [4.78, 5) is 15.2. The van der Waals surface area contributed by atoms with Gasteiger partial charge in [-0.1, -0.05) is 48.5 Å². The molecule has 0 atom stereocenters. The molecule has 0 aliphatic carbocycles. The molecule has 3 aromatic rings. The van der Waals surface area contributed by atoms with Crippen molar-refractivity contribution in [2.75, 3.05) is 39.4 Å². The Morgan fingerprint density at radius 2 is 1.68 bits per heavy atom. The van der Waals surface area contributed by atoms with Crippen LogP contribution in [0.25, 0.3) is 16.9 Å². The second-order valence-electron chi connectivity index (χ2n) is 6.74. The van der Waals surface area contributed by atoms with Gasteiger partial charge in [-0.2, -0.15) is 5.10 Å². The fourth-order valence-electron chi connectivity index (χ4n) is 3.30. The van der Waals surface area contributed by atoms with Gasteiger partial charge in [0.25, 0.3) is 5.91 Å². The van der Waals surface area contributed by atoms with E-state index in [1.165, 1.54) is 0 Å². The molecule has 28 heavy (non-hydrogen) atoms. The highest BCUT2D eigenvalue weighted by Crippen LogP contribution is 2.21. The lowest BCUT2D eigenvalue weighted by atomic mass is 10.1. The smallest absolute Gasteiger partial charge is 0.270 e. The van der Waals surface area contributed by atoms with Crippen LogP contribution in [0, 0.1) is 0 Å². The molecule has 6 nitrogen and oxygen atoms in total. The third-order valence-corrected chi connectivity index (χ3v) is 4.83. The van der Waals surface area contributed by atoms with Gasteiger partial charge in [-0.05, 0) is 18.2 Å². The number of amides is 1. The van der Waals surface area contributed by atoms with Crippen LogP contribution >= 0.6 is 0 Å². The third kappa shape index (κ3) is 4.30. The third-order valence-electron chi connectivity index (χ3n) is 4.83. The minimum atomic E-state index is -0.119. The molecule has 1 fully saturated rings. The van der Waals surface area contributed by atoms with Crippen LogP contribution in [0.5, 0.6) is 0 Å². The van der Waals surface area contributed by atoms with Crippen molar-refractivity contribution in [2.24, 2.45) is 0 Å². The number of aromatic nitrogens is 2. The fraction of sp³-hybridized carbons (Fsp3) is 0.273. The topological polar surface area (TPSA) is 59.4 Å². The minimum absolute atomic E-state index is 0.119. The predicted molar refractivity (Wildman–Crippen MR) is 109 cm³/mol. The quantitative estimate of drug-likeness (QED) is 0.718. The predicted octanol–water partition coefficient (Wildman–Crippen LogP) is 2.60. The molecule has 144 valence electrons. The molecule has 0 saturated carbocycles. The van der Waals surface area contributed by atoms with Crippen molar-refractivity contribution >= 4 is 5.91 Å². The molecular formula is C22H24N4O2. The zero-order valence-corrected chi connectivity index (χ0v) is 15.8. The van der Waals surface area contributed by atoms with Crippen molar-refractivity contribution in [3.05, 3.63) is 72.4 Å². The molecule has 0 unspecified atom stereocenters. The molecule has 6 heteroatoms. The van der Waals surface area contributed by atoms with Crippen molar-refractivity contribution < 1.29 is 9.53 Å². The largest absolute Gasteiger partial charge is 0.379 e. The van der Waals surface area contributed by atoms with Crippen LogP contribution in [0.2, 0.25) is 0 Å². The molecule has 1 amide bonds. The van der Waals surface area contributed by atoms with E-state index in [0.29, 0.717) is 12.2 Å². The maximum atomic E-state index is 12.9. The molecular weight excluding hydrogens is 352 g/mol. The maximum Gasteiger partial charge on any atom is 0.270 e. The Kier molecular flexibility index (Phi) is 5.80. The average Bonchev–Trinajstić information content (AvgIpc) is 3.21. The molecule has 2 aromatic carbocycles. The van der Waals surface area contributed by atoms with E-state index in [2.05, 4.69) is 10.2 Å². The Morgan fingerprint density at radius 3 is 2.39 bits per heavy atom. The first-order valence-electron chi connectivity index (χ1n) is 9.60. The molecule has 1 N–H and O–H groups in total. The van der Waals surface area contributed by atoms with Gasteiger partial charge in [0.1, 0.15) is 5.69 Å². The number of hydrogen-bond donors (Lipinski definition) is 1. The number of carbonyl (C=O) groups excluding carboxylic acids is 1. The monoisotopic (exact) mass is 376 g/mol. The lowest BCUT2D eigenvalue weighted by molar-refractivity contribution is 0.0383. The number of rotatable bonds is 6. The van der Waals surface area contributed by atoms with Gasteiger partial charge in [-0.3, -0.25) is 9.69 Å². The van der Waals surface area contributed by atoms with E-state index in [-0.39, 0.29) is 5.91 Å². The van der Waals surface area contributed by atoms with Crippen LogP contribution in [0.15, 0.2) is 66.7 Å². The zero-order valence-electron chi connectivity index (χ0n) is 15.8. The summed E-state index contributed by atoms with van der Waals surface area (Å²) in [6, 6.07) is 21.5. The van der Waals surface area contributed by atoms with E-state index in [4.69, 9.17) is 9.84 Å². The van der Waals surface area contributed by atoms with Gasteiger partial charge in [0, 0.05) is 31.7 Å². The molecule has 1 aliphatic rings. The Morgan fingerprint density at radius 1 is 1.00 bits per heavy atom. The van der Waals surface area contributed by atoms with Gasteiger partial charge in [-0.25, -0.2) is 4.68 Å². The fourth-order valence-corrected chi connectivity index (χ4v) is 3.30. The summed E-state index contributed by atoms with van der Waals surface area (Å²) in [5.41, 5.74) is 3.16. The first kappa shape index (κ1) is 18.4. The van der Waals surface area contributed by atoms with Gasteiger partial charge in [0.05, 0.1) is 24.6 Å². The van der Waals surface area contributed by atoms with Crippen molar-refractivity contribution in [1.29, 1.82) is 0 Å². The van der Waals surface area contributed by atoms with E-state index in [0.717, 1.165) is 49.8 Å². The summed E-state index contributed by atoms with van der Waals surface area (Å²) >= 11 is 0. The molecule has 4 rings (SSSR count). The van der Waals surface area contributed by atoms with E-state index in [1.807, 2.05) is 66.7 Å². The molecule has 0 radical (unpaired) electrons. The lowest BCUT2D eigenvalue weighted by Crippen LogP contribution is -2.41. The number of nitrogens with one attached hydrogen (secondary N) is 1. The molecule has 1 saturated heterocycles. The molecule has 1 aromatic heterocycles. The number of morpholine rings is 1. The highest BCUT2D eigenvalue weighted by Gasteiger charge is 2.18. The second kappa shape index (κ2) is 8.82. The van der Waals surface area contributed by atoms with E-state index >= 15 is 0 Å². The summed E-state index contributed by atoms with van der Waals surface area (Å²) in [5.74, 6) is -0.119. The van der Waals surface area contributed by atoms with Crippen LogP contribution in [0.1, 0.15) is 10.5 Å². The lowest BCUT2D eigenvalue weighted by Gasteiger charge is -2.26. The molecule has 0 spiro atoms. The first-order chi connectivity index (χ1) is 13.8. The summed E-state index contributed by atoms with van der Waals surface area (Å²) in [6.07, 6.45) is 0. The maximum absolute atomic E-state index is 12.9. The average molecular weight is 376 g/mol. The number of carbonyl (C=O) groups is 1. The number of nitrogens with zero attached hydrogens (tertiary/aromatic N) is 3. The van der Waals surface area contributed by atoms with Crippen LogP contribution in [0.3, 0.4) is 0 Å². The Bertz CT molecular complexity index is 903. The van der Waals surface area contributed by atoms with Crippen LogP contribution in [-0.2, 0) is 4.74 Å². The number of para-hydroxylation sites is 1. The zero-order chi connectivity index (χ0) is 19.2. The van der Waals surface area contributed by atoms with E-state index in [9.17, 15) is 4.79 Å². The van der Waals surface area contributed by atoms with Crippen molar-refractivity contribution in [3.63, 3.8) is 0 Å². The van der Waals surface area contributed by atoms with Gasteiger partial charge >= 0.3 is 0 Å². The normalized spacial score (nSPS) is 14.7. The van der Waals surface area contributed by atoms with Crippen molar-refractivity contribution in [3.8, 4) is 16.9 Å². The van der Waals surface area contributed by atoms with Gasteiger partial charge in [0.2, 0.25) is 0 Å². The summed E-state index contributed by atoms with van der Waals surface area (Å²) in [7, 11) is 0. The number of benzene rings is 2. The van der Waals surface area contributed by atoms with Crippen LogP contribution < -0.4 is 5.32 Å². The molecule has 0 bridgehead atoms. The summed E-state index contributed by atoms with van der Waals surface area (Å²) < 4.78 is 7.08. The summed E-state index contributed by atoms with van der Waals surface area (Å²) in [6.45, 7) is 4.76. The van der Waals surface area contributed by atoms with Crippen molar-refractivity contribution in [1.82, 2.24) is 20.0 Å². The SMILES string of the molecule is O=C(NCCN1CCOCC1)c1cc(-c2ccccc2)nn1-c1ccccc1. The Balaban J connectivity index is 1.54. The molecule has 2 heterocycles. The molecule has 1 aliphatic heterocycles. The van der Waals surface area contributed by atoms with Gasteiger partial charge in [-0.15, -0.1) is 0 Å². The van der Waals surface area contributed by atoms with Gasteiger partial charge in [0.15, 0.2) is 0 Å². The van der Waals surface area contributed by atoms with Crippen LogP contribution in [-0.4, -0.2) is 60.0 Å². The van der Waals surface area contributed by atoms with Crippen molar-refractivity contribution in [2.45, 2.75) is 0 Å². The minimum Gasteiger partial charge on any atom is -0.379 e. The van der Waals surface area contributed by atoms with Gasteiger partial charge < -0.3 is 10.1 Å². The van der Waals surface area contributed by atoms with E-state index < -0.39 is 0 Å². The Labute approximate surface area is 164 Å². The second-order valence-corrected chi connectivity index (χ2v) is 6.74. The summed E-state index contributed by atoms with van der Waals surface area (Å²) in [5, 5.41) is 7.74. The standard InChI is InChI=1S/C22H24N4O2/c27-22(23-11-12-25-13-15-28-16-14-25)21-17-20(18-7-3-1-4-8-18)24-26(21)19-9-5-2-6-10-19/h1-10,17H,11-16H2,(H,23,27). The Hall–Kier alpha value is -2.96. The number of ether oxygens (including phenoxy) is 1. The number of hydrogen-bond acceptors (Lipinski definition) is 4. The first-order valence-corrected chi connectivity index (χ1v) is 9.60. The van der Waals surface area contributed by atoms with E-state index in [1.54, 1.807) is 4.68 Å².